The van der Waals surface area contributed by atoms with Gasteiger partial charge >= 0.3 is 5.97 Å². The van der Waals surface area contributed by atoms with Crippen molar-refractivity contribution in [3.63, 3.8) is 0 Å². The molecule has 10 nitrogen and oxygen atoms in total. The number of carbonyl (C=O) groups excluding carboxylic acids is 4. The molecule has 1 fully saturated rings. The highest BCUT2D eigenvalue weighted by Crippen LogP contribution is 2.38. The summed E-state index contributed by atoms with van der Waals surface area (Å²) >= 11 is 3.42. The first kappa shape index (κ1) is 29.1. The molecule has 0 radical (unpaired) electrons. The monoisotopic (exact) mass is 653 g/mol. The predicted octanol–water partition coefficient (Wildman–Crippen LogP) is 6.38. The molecule has 0 N–H and O–H groups in total. The summed E-state index contributed by atoms with van der Waals surface area (Å²) in [5, 5.41) is 11.8. The molecule has 2 atom stereocenters. The second kappa shape index (κ2) is 11.6. The third-order valence-electron chi connectivity index (χ3n) is 7.98. The Morgan fingerprint density at radius 3 is 2.32 bits per heavy atom. The SMILES string of the molecule is Cc1ccc(C(=O)COC(=O)c2cc(-c3ccc(N4C(=O)C5CC=CCC5C4=O)cc3)nc3ccc(Br)cc23)cc1[N+](=O)[O-]. The van der Waals surface area contributed by atoms with Crippen molar-refractivity contribution in [1.29, 1.82) is 0 Å². The Labute approximate surface area is 259 Å². The van der Waals surface area contributed by atoms with Crippen LogP contribution >= 0.6 is 15.9 Å². The molecule has 1 aliphatic carbocycles. The van der Waals surface area contributed by atoms with Crippen LogP contribution in [0.1, 0.15) is 39.1 Å². The molecule has 6 rings (SSSR count). The number of rotatable bonds is 7. The van der Waals surface area contributed by atoms with Gasteiger partial charge in [0.2, 0.25) is 17.6 Å². The Hall–Kier alpha value is -5.03. The normalized spacial score (nSPS) is 17.5. The van der Waals surface area contributed by atoms with Gasteiger partial charge in [-0.05, 0) is 56.2 Å². The molecule has 0 bridgehead atoms. The minimum Gasteiger partial charge on any atom is -0.454 e. The van der Waals surface area contributed by atoms with E-state index in [0.29, 0.717) is 50.7 Å². The Bertz CT molecular complexity index is 1890. The molecule has 220 valence electrons. The molecule has 1 aromatic heterocycles. The number of ketones is 1. The van der Waals surface area contributed by atoms with Gasteiger partial charge in [-0.15, -0.1) is 0 Å². The number of allylic oxidation sites excluding steroid dienone is 2. The van der Waals surface area contributed by atoms with E-state index in [4.69, 9.17) is 9.72 Å². The van der Waals surface area contributed by atoms with Crippen LogP contribution < -0.4 is 4.90 Å². The zero-order chi connectivity index (χ0) is 31.1. The molecule has 3 aromatic carbocycles. The van der Waals surface area contributed by atoms with Crippen molar-refractivity contribution in [1.82, 2.24) is 4.98 Å². The third kappa shape index (κ3) is 5.30. The van der Waals surface area contributed by atoms with Gasteiger partial charge in [-0.25, -0.2) is 9.78 Å². The van der Waals surface area contributed by atoms with Crippen molar-refractivity contribution in [3.8, 4) is 11.3 Å². The number of nitro benzene ring substituents is 1. The lowest BCUT2D eigenvalue weighted by Crippen LogP contribution is -2.30. The maximum Gasteiger partial charge on any atom is 0.339 e. The van der Waals surface area contributed by atoms with Crippen molar-refractivity contribution < 1.29 is 28.8 Å². The fourth-order valence-corrected chi connectivity index (χ4v) is 5.98. The summed E-state index contributed by atoms with van der Waals surface area (Å²) in [6, 6.07) is 17.7. The van der Waals surface area contributed by atoms with E-state index in [9.17, 15) is 29.3 Å². The lowest BCUT2D eigenvalue weighted by atomic mass is 9.85. The highest BCUT2D eigenvalue weighted by Gasteiger charge is 2.47. The molecule has 2 heterocycles. The van der Waals surface area contributed by atoms with Crippen molar-refractivity contribution in [3.05, 3.63) is 110 Å². The van der Waals surface area contributed by atoms with Crippen LogP contribution in [0, 0.1) is 28.9 Å². The lowest BCUT2D eigenvalue weighted by molar-refractivity contribution is -0.385. The highest BCUT2D eigenvalue weighted by molar-refractivity contribution is 9.10. The number of ether oxygens (including phenoxy) is 1. The average Bonchev–Trinajstić information content (AvgIpc) is 3.28. The molecular formula is C33H24BrN3O7. The first-order valence-electron chi connectivity index (χ1n) is 13.8. The number of pyridine rings is 1. The van der Waals surface area contributed by atoms with Gasteiger partial charge in [-0.3, -0.25) is 29.4 Å². The second-order valence-corrected chi connectivity index (χ2v) is 11.6. The van der Waals surface area contributed by atoms with E-state index < -0.39 is 23.3 Å². The van der Waals surface area contributed by atoms with E-state index >= 15 is 0 Å². The molecule has 2 amide bonds. The Morgan fingerprint density at radius 1 is 0.977 bits per heavy atom. The van der Waals surface area contributed by atoms with Crippen molar-refractivity contribution >= 4 is 61.8 Å². The number of hydrogen-bond acceptors (Lipinski definition) is 8. The summed E-state index contributed by atoms with van der Waals surface area (Å²) in [4.78, 5) is 68.8. The fourth-order valence-electron chi connectivity index (χ4n) is 5.62. The number of esters is 1. The van der Waals surface area contributed by atoms with Crippen LogP contribution in [0.15, 0.2) is 83.4 Å². The summed E-state index contributed by atoms with van der Waals surface area (Å²) in [5.41, 5.74) is 2.48. The second-order valence-electron chi connectivity index (χ2n) is 10.7. The minimum atomic E-state index is -0.771. The Kier molecular flexibility index (Phi) is 7.64. The number of anilines is 1. The van der Waals surface area contributed by atoms with Crippen molar-refractivity contribution in [2.24, 2.45) is 11.8 Å². The maximum atomic E-state index is 13.3. The highest BCUT2D eigenvalue weighted by atomic mass is 79.9. The predicted molar refractivity (Wildman–Crippen MR) is 165 cm³/mol. The number of fused-ring (bicyclic) bond motifs is 2. The molecular weight excluding hydrogens is 630 g/mol. The fraction of sp³-hybridized carbons (Fsp3) is 0.182. The number of hydrogen-bond donors (Lipinski definition) is 0. The van der Waals surface area contributed by atoms with Gasteiger partial charge in [0.15, 0.2) is 6.61 Å². The van der Waals surface area contributed by atoms with Gasteiger partial charge in [0, 0.05) is 32.6 Å². The van der Waals surface area contributed by atoms with Crippen LogP contribution in [0.3, 0.4) is 0 Å². The van der Waals surface area contributed by atoms with Gasteiger partial charge in [0.1, 0.15) is 0 Å². The van der Waals surface area contributed by atoms with E-state index in [1.807, 2.05) is 12.2 Å². The average molecular weight is 654 g/mol. The molecule has 11 heteroatoms. The molecule has 2 aliphatic rings. The number of amides is 2. The maximum absolute atomic E-state index is 13.3. The Balaban J connectivity index is 1.27. The number of benzene rings is 3. The zero-order valence-electron chi connectivity index (χ0n) is 23.4. The van der Waals surface area contributed by atoms with Crippen LogP contribution in [-0.2, 0) is 14.3 Å². The summed E-state index contributed by atoms with van der Waals surface area (Å²) in [6.07, 6.45) is 4.98. The van der Waals surface area contributed by atoms with Gasteiger partial charge in [-0.2, -0.15) is 0 Å². The number of nitro groups is 1. The standard InChI is InChI=1S/C33H24BrN3O7/c1-18-6-7-20(14-29(18)37(42)43)30(38)17-44-33(41)26-16-28(35-27-13-10-21(34)15-25(26)27)19-8-11-22(12-9-19)36-31(39)23-4-2-3-5-24(23)32(36)40/h2-3,6-16,23-24H,4-5,17H2,1H3. The summed E-state index contributed by atoms with van der Waals surface area (Å²) in [5.74, 6) is -2.44. The first-order chi connectivity index (χ1) is 21.1. The van der Waals surface area contributed by atoms with E-state index in [1.165, 1.54) is 23.1 Å². The number of Topliss-reactive ketones (excluding diaryl/α,β-unsaturated/α-hetero) is 1. The van der Waals surface area contributed by atoms with Crippen LogP contribution in [0.5, 0.6) is 0 Å². The van der Waals surface area contributed by atoms with E-state index in [1.54, 1.807) is 55.5 Å². The molecule has 1 saturated heterocycles. The van der Waals surface area contributed by atoms with Crippen molar-refractivity contribution in [2.75, 3.05) is 11.5 Å². The molecule has 1 aliphatic heterocycles. The zero-order valence-corrected chi connectivity index (χ0v) is 24.9. The quantitative estimate of drug-likeness (QED) is 0.0560. The van der Waals surface area contributed by atoms with Crippen LogP contribution in [0.25, 0.3) is 22.2 Å². The van der Waals surface area contributed by atoms with Gasteiger partial charge in [-0.1, -0.05) is 52.3 Å². The van der Waals surface area contributed by atoms with Gasteiger partial charge < -0.3 is 4.74 Å². The number of halogens is 1. The summed E-state index contributed by atoms with van der Waals surface area (Å²) < 4.78 is 6.09. The number of carbonyl (C=O) groups is 4. The summed E-state index contributed by atoms with van der Waals surface area (Å²) in [6.45, 7) is 0.954. The lowest BCUT2D eigenvalue weighted by Gasteiger charge is -2.15. The molecule has 0 saturated carbocycles. The largest absolute Gasteiger partial charge is 0.454 e. The van der Waals surface area contributed by atoms with E-state index in [2.05, 4.69) is 15.9 Å². The first-order valence-corrected chi connectivity index (χ1v) is 14.6. The van der Waals surface area contributed by atoms with E-state index in [0.717, 1.165) is 0 Å². The number of aryl methyl sites for hydroxylation is 1. The smallest absolute Gasteiger partial charge is 0.339 e. The number of imide groups is 1. The summed E-state index contributed by atoms with van der Waals surface area (Å²) in [7, 11) is 0. The Morgan fingerprint density at radius 2 is 1.66 bits per heavy atom. The molecule has 4 aromatic rings. The molecule has 44 heavy (non-hydrogen) atoms. The van der Waals surface area contributed by atoms with Crippen molar-refractivity contribution in [2.45, 2.75) is 19.8 Å². The van der Waals surface area contributed by atoms with Gasteiger partial charge in [0.05, 0.1) is 39.2 Å². The topological polar surface area (TPSA) is 137 Å². The number of nitrogens with zero attached hydrogens (tertiary/aromatic N) is 3. The van der Waals surface area contributed by atoms with Crippen LogP contribution in [0.4, 0.5) is 11.4 Å². The number of aromatic nitrogens is 1. The van der Waals surface area contributed by atoms with E-state index in [-0.39, 0.29) is 40.5 Å². The van der Waals surface area contributed by atoms with Gasteiger partial charge in [0.25, 0.3) is 5.69 Å². The minimum absolute atomic E-state index is 0.0590. The third-order valence-corrected chi connectivity index (χ3v) is 8.47. The molecule has 0 spiro atoms. The molecule has 2 unspecified atom stereocenters. The van der Waals surface area contributed by atoms with Crippen LogP contribution in [-0.4, -0.2) is 40.1 Å². The van der Waals surface area contributed by atoms with Crippen LogP contribution in [0.2, 0.25) is 0 Å².